The third kappa shape index (κ3) is 1.95. The van der Waals surface area contributed by atoms with Crippen molar-refractivity contribution >= 4 is 17.3 Å². The smallest absolute Gasteiger partial charge is 0.358 e. The van der Waals surface area contributed by atoms with Crippen molar-refractivity contribution in [2.45, 2.75) is 19.4 Å². The number of carbonyl (C=O) groups is 1. The molecule has 1 fully saturated rings. The van der Waals surface area contributed by atoms with Gasteiger partial charge in [0, 0.05) is 6.54 Å². The first-order valence-electron chi connectivity index (χ1n) is 5.46. The summed E-state index contributed by atoms with van der Waals surface area (Å²) in [6, 6.07) is 3.80. The van der Waals surface area contributed by atoms with Crippen molar-refractivity contribution in [3.05, 3.63) is 23.2 Å². The van der Waals surface area contributed by atoms with Gasteiger partial charge < -0.3 is 5.11 Å². The first-order valence-corrected chi connectivity index (χ1v) is 6.34. The molecule has 0 bridgehead atoms. The van der Waals surface area contributed by atoms with E-state index in [0.717, 1.165) is 11.4 Å². The molecule has 3 rings (SSSR count). The second-order valence-electron chi connectivity index (χ2n) is 4.19. The van der Waals surface area contributed by atoms with Gasteiger partial charge >= 0.3 is 5.97 Å². The number of rotatable bonds is 4. The Balaban J connectivity index is 2.06. The predicted octanol–water partition coefficient (Wildman–Crippen LogP) is 2.11. The van der Waals surface area contributed by atoms with E-state index in [9.17, 15) is 4.79 Å². The van der Waals surface area contributed by atoms with E-state index in [1.165, 1.54) is 24.2 Å². The molecule has 1 aliphatic rings. The monoisotopic (exact) mass is 249 g/mol. The summed E-state index contributed by atoms with van der Waals surface area (Å²) in [6.07, 6.45) is 2.40. The highest BCUT2D eigenvalue weighted by atomic mass is 32.1. The maximum absolute atomic E-state index is 11.1. The summed E-state index contributed by atoms with van der Waals surface area (Å²) in [5.41, 5.74) is 0.688. The van der Waals surface area contributed by atoms with Gasteiger partial charge in [0.05, 0.1) is 4.88 Å². The van der Waals surface area contributed by atoms with Crippen LogP contribution in [0.4, 0.5) is 0 Å². The molecule has 2 aromatic heterocycles. The lowest BCUT2D eigenvalue weighted by atomic mass is 10.2. The van der Waals surface area contributed by atoms with Gasteiger partial charge in [-0.05, 0) is 30.2 Å². The molecule has 2 aromatic rings. The molecule has 6 heteroatoms. The highest BCUT2D eigenvalue weighted by molar-refractivity contribution is 7.13. The first kappa shape index (κ1) is 10.5. The number of hydrogen-bond donors (Lipinski definition) is 1. The summed E-state index contributed by atoms with van der Waals surface area (Å²) in [5, 5.41) is 18.8. The fourth-order valence-corrected chi connectivity index (χ4v) is 2.56. The van der Waals surface area contributed by atoms with Crippen molar-refractivity contribution < 1.29 is 9.90 Å². The second kappa shape index (κ2) is 3.96. The molecule has 0 atom stereocenters. The van der Waals surface area contributed by atoms with Crippen molar-refractivity contribution in [1.82, 2.24) is 15.0 Å². The number of hydrogen-bond acceptors (Lipinski definition) is 4. The van der Waals surface area contributed by atoms with E-state index in [1.807, 2.05) is 17.5 Å². The van der Waals surface area contributed by atoms with E-state index in [4.69, 9.17) is 5.11 Å². The molecular formula is C11H11N3O2S. The van der Waals surface area contributed by atoms with Gasteiger partial charge in [-0.1, -0.05) is 11.3 Å². The average molecular weight is 249 g/mol. The van der Waals surface area contributed by atoms with Crippen LogP contribution in [0, 0.1) is 5.92 Å². The zero-order chi connectivity index (χ0) is 11.8. The van der Waals surface area contributed by atoms with Crippen LogP contribution in [-0.4, -0.2) is 26.1 Å². The highest BCUT2D eigenvalue weighted by Gasteiger charge is 2.27. The molecule has 0 unspecified atom stereocenters. The molecule has 1 N–H and O–H groups in total. The van der Waals surface area contributed by atoms with Gasteiger partial charge in [-0.3, -0.25) is 0 Å². The van der Waals surface area contributed by atoms with Gasteiger partial charge in [0.15, 0.2) is 5.69 Å². The molecule has 5 nitrogen and oxygen atoms in total. The Kier molecular flexibility index (Phi) is 2.44. The number of carboxylic acid groups (broad SMARTS) is 1. The van der Waals surface area contributed by atoms with E-state index in [-0.39, 0.29) is 5.69 Å². The van der Waals surface area contributed by atoms with Gasteiger partial charge in [-0.25, -0.2) is 9.48 Å². The molecule has 0 amide bonds. The van der Waals surface area contributed by atoms with E-state index >= 15 is 0 Å². The summed E-state index contributed by atoms with van der Waals surface area (Å²) in [5.74, 6) is -0.382. The van der Waals surface area contributed by atoms with Crippen LogP contribution in [0.2, 0.25) is 0 Å². The van der Waals surface area contributed by atoms with Crippen molar-refractivity contribution in [1.29, 1.82) is 0 Å². The van der Waals surface area contributed by atoms with Crippen LogP contribution in [0.15, 0.2) is 17.5 Å². The van der Waals surface area contributed by atoms with Crippen molar-refractivity contribution in [3.63, 3.8) is 0 Å². The summed E-state index contributed by atoms with van der Waals surface area (Å²) < 4.78 is 1.73. The Bertz CT molecular complexity index is 543. The fraction of sp³-hybridized carbons (Fsp3) is 0.364. The van der Waals surface area contributed by atoms with Crippen molar-refractivity contribution in [2.24, 2.45) is 5.92 Å². The lowest BCUT2D eigenvalue weighted by Gasteiger charge is -2.03. The largest absolute Gasteiger partial charge is 0.476 e. The van der Waals surface area contributed by atoms with Gasteiger partial charge in [0.1, 0.15) is 5.69 Å². The second-order valence-corrected chi connectivity index (χ2v) is 5.14. The van der Waals surface area contributed by atoms with Crippen molar-refractivity contribution in [2.75, 3.05) is 0 Å². The van der Waals surface area contributed by atoms with E-state index in [2.05, 4.69) is 10.3 Å². The fourth-order valence-electron chi connectivity index (χ4n) is 1.79. The number of aromatic nitrogens is 3. The molecule has 0 spiro atoms. The number of aromatic carboxylic acids is 1. The standard InChI is InChI=1S/C11H11N3O2S/c15-11(16)9-10(8-2-1-5-17-8)14(13-12-9)6-7-3-4-7/h1-2,5,7H,3-4,6H2,(H,15,16). The molecular weight excluding hydrogens is 238 g/mol. The minimum Gasteiger partial charge on any atom is -0.476 e. The van der Waals surface area contributed by atoms with Gasteiger partial charge in [-0.15, -0.1) is 16.4 Å². The van der Waals surface area contributed by atoms with Gasteiger partial charge in [0.25, 0.3) is 0 Å². The molecule has 1 saturated carbocycles. The molecule has 17 heavy (non-hydrogen) atoms. The normalized spacial score (nSPS) is 15.1. The van der Waals surface area contributed by atoms with Crippen LogP contribution in [-0.2, 0) is 6.54 Å². The Hall–Kier alpha value is -1.69. The molecule has 1 aliphatic carbocycles. The number of carboxylic acids is 1. The molecule has 88 valence electrons. The van der Waals surface area contributed by atoms with Crippen LogP contribution < -0.4 is 0 Å². The zero-order valence-electron chi connectivity index (χ0n) is 9.04. The Morgan fingerprint density at radius 3 is 3.00 bits per heavy atom. The minimum atomic E-state index is -1.02. The van der Waals surface area contributed by atoms with E-state index in [0.29, 0.717) is 11.6 Å². The Labute approximate surface area is 102 Å². The predicted molar refractivity (Wildman–Crippen MR) is 63.0 cm³/mol. The van der Waals surface area contributed by atoms with Crippen molar-refractivity contribution in [3.8, 4) is 10.6 Å². The SMILES string of the molecule is O=C(O)c1nnn(CC2CC2)c1-c1cccs1. The maximum Gasteiger partial charge on any atom is 0.358 e. The molecule has 0 saturated heterocycles. The third-order valence-electron chi connectivity index (χ3n) is 2.82. The first-order chi connectivity index (χ1) is 8.25. The average Bonchev–Trinajstić information content (AvgIpc) is 2.80. The number of nitrogens with zero attached hydrogens (tertiary/aromatic N) is 3. The zero-order valence-corrected chi connectivity index (χ0v) is 9.85. The molecule has 0 aliphatic heterocycles. The van der Waals surface area contributed by atoms with Crippen LogP contribution >= 0.6 is 11.3 Å². The molecule has 0 radical (unpaired) electrons. The highest BCUT2D eigenvalue weighted by Crippen LogP contribution is 2.33. The Morgan fingerprint density at radius 2 is 2.41 bits per heavy atom. The van der Waals surface area contributed by atoms with E-state index < -0.39 is 5.97 Å². The maximum atomic E-state index is 11.1. The summed E-state index contributed by atoms with van der Waals surface area (Å²) in [6.45, 7) is 0.771. The molecule has 0 aromatic carbocycles. The van der Waals surface area contributed by atoms with E-state index in [1.54, 1.807) is 4.68 Å². The van der Waals surface area contributed by atoms with Crippen LogP contribution in [0.25, 0.3) is 10.6 Å². The lowest BCUT2D eigenvalue weighted by molar-refractivity contribution is 0.0691. The summed E-state index contributed by atoms with van der Waals surface area (Å²) in [4.78, 5) is 12.0. The van der Waals surface area contributed by atoms with Crippen LogP contribution in [0.3, 0.4) is 0 Å². The molecule has 2 heterocycles. The summed E-state index contributed by atoms with van der Waals surface area (Å²) in [7, 11) is 0. The summed E-state index contributed by atoms with van der Waals surface area (Å²) >= 11 is 1.51. The van der Waals surface area contributed by atoms with Crippen LogP contribution in [0.1, 0.15) is 23.3 Å². The minimum absolute atomic E-state index is 0.0492. The van der Waals surface area contributed by atoms with Gasteiger partial charge in [0.2, 0.25) is 0 Å². The van der Waals surface area contributed by atoms with Crippen LogP contribution in [0.5, 0.6) is 0 Å². The topological polar surface area (TPSA) is 68.0 Å². The third-order valence-corrected chi connectivity index (χ3v) is 3.70. The Morgan fingerprint density at radius 1 is 1.59 bits per heavy atom. The van der Waals surface area contributed by atoms with Gasteiger partial charge in [-0.2, -0.15) is 0 Å². The quantitative estimate of drug-likeness (QED) is 0.901. The lowest BCUT2D eigenvalue weighted by Crippen LogP contribution is -2.05. The number of thiophene rings is 1.